The van der Waals surface area contributed by atoms with Crippen molar-refractivity contribution in [1.82, 2.24) is 4.98 Å². The summed E-state index contributed by atoms with van der Waals surface area (Å²) in [5, 5.41) is 7.10. The Morgan fingerprint density at radius 2 is 1.81 bits per heavy atom. The molecule has 5 heteroatoms. The summed E-state index contributed by atoms with van der Waals surface area (Å²) in [5.41, 5.74) is 9.09. The first kappa shape index (κ1) is 13.1. The summed E-state index contributed by atoms with van der Waals surface area (Å²) in [6.45, 7) is 0.723. The summed E-state index contributed by atoms with van der Waals surface area (Å²) in [6, 6.07) is 15.1. The SMILES string of the molecule is NC(=O)Nc1ccc(NCc2cccc3cc[nH]c23)cc1. The largest absolute Gasteiger partial charge is 0.381 e. The molecule has 106 valence electrons. The Balaban J connectivity index is 1.70. The summed E-state index contributed by atoms with van der Waals surface area (Å²) in [4.78, 5) is 14.0. The Hall–Kier alpha value is -2.95. The monoisotopic (exact) mass is 280 g/mol. The fraction of sp³-hybridized carbons (Fsp3) is 0.0625. The van der Waals surface area contributed by atoms with Crippen LogP contribution < -0.4 is 16.4 Å². The molecule has 21 heavy (non-hydrogen) atoms. The molecule has 1 heterocycles. The van der Waals surface area contributed by atoms with Gasteiger partial charge in [-0.25, -0.2) is 4.79 Å². The molecule has 5 nitrogen and oxygen atoms in total. The number of benzene rings is 2. The number of anilines is 2. The Labute approximate surface area is 122 Å². The van der Waals surface area contributed by atoms with Crippen molar-refractivity contribution in [1.29, 1.82) is 0 Å². The molecule has 0 aliphatic heterocycles. The number of rotatable bonds is 4. The van der Waals surface area contributed by atoms with Gasteiger partial charge in [0, 0.05) is 24.1 Å². The highest BCUT2D eigenvalue weighted by atomic mass is 16.2. The van der Waals surface area contributed by atoms with Gasteiger partial charge in [-0.1, -0.05) is 18.2 Å². The number of hydrogen-bond acceptors (Lipinski definition) is 2. The second-order valence-electron chi connectivity index (χ2n) is 4.78. The van der Waals surface area contributed by atoms with Crippen LogP contribution in [0.25, 0.3) is 10.9 Å². The third kappa shape index (κ3) is 2.97. The van der Waals surface area contributed by atoms with E-state index >= 15 is 0 Å². The van der Waals surface area contributed by atoms with E-state index < -0.39 is 6.03 Å². The van der Waals surface area contributed by atoms with Gasteiger partial charge in [-0.15, -0.1) is 0 Å². The first-order chi connectivity index (χ1) is 10.2. The highest BCUT2D eigenvalue weighted by Gasteiger charge is 2.02. The Kier molecular flexibility index (Phi) is 3.47. The van der Waals surface area contributed by atoms with Crippen molar-refractivity contribution >= 4 is 28.3 Å². The number of amides is 2. The minimum atomic E-state index is -0.561. The highest BCUT2D eigenvalue weighted by molar-refractivity contribution is 5.88. The van der Waals surface area contributed by atoms with Crippen LogP contribution in [0.15, 0.2) is 54.7 Å². The molecule has 0 spiro atoms. The summed E-state index contributed by atoms with van der Waals surface area (Å²) < 4.78 is 0. The van der Waals surface area contributed by atoms with Crippen molar-refractivity contribution in [2.75, 3.05) is 10.6 Å². The maximum atomic E-state index is 10.8. The van der Waals surface area contributed by atoms with Crippen LogP contribution in [-0.4, -0.2) is 11.0 Å². The number of urea groups is 1. The van der Waals surface area contributed by atoms with Gasteiger partial charge in [0.25, 0.3) is 0 Å². The summed E-state index contributed by atoms with van der Waals surface area (Å²) in [7, 11) is 0. The molecule has 2 amide bonds. The Bertz CT molecular complexity index is 761. The molecule has 0 radical (unpaired) electrons. The quantitative estimate of drug-likeness (QED) is 0.591. The van der Waals surface area contributed by atoms with E-state index in [-0.39, 0.29) is 0 Å². The van der Waals surface area contributed by atoms with Crippen molar-refractivity contribution in [3.8, 4) is 0 Å². The van der Waals surface area contributed by atoms with Crippen LogP contribution in [0.1, 0.15) is 5.56 Å². The normalized spacial score (nSPS) is 10.5. The number of primary amides is 1. The average Bonchev–Trinajstić information content (AvgIpc) is 2.95. The molecule has 0 saturated heterocycles. The number of nitrogens with one attached hydrogen (secondary N) is 3. The summed E-state index contributed by atoms with van der Waals surface area (Å²) in [6.07, 6.45) is 1.94. The maximum absolute atomic E-state index is 10.8. The molecule has 0 aliphatic carbocycles. The molecule has 0 saturated carbocycles. The molecule has 0 bridgehead atoms. The predicted molar refractivity (Wildman–Crippen MR) is 85.3 cm³/mol. The van der Waals surface area contributed by atoms with Gasteiger partial charge in [-0.2, -0.15) is 0 Å². The lowest BCUT2D eigenvalue weighted by molar-refractivity contribution is 0.259. The van der Waals surface area contributed by atoms with Crippen LogP contribution >= 0.6 is 0 Å². The standard InChI is InChI=1S/C16H16N4O/c17-16(21)20-14-6-4-13(5-7-14)19-10-12-3-1-2-11-8-9-18-15(11)12/h1-9,18-19H,10H2,(H3,17,20,21). The molecule has 3 rings (SSSR count). The van der Waals surface area contributed by atoms with Crippen molar-refractivity contribution < 1.29 is 4.79 Å². The molecule has 0 unspecified atom stereocenters. The first-order valence-electron chi connectivity index (χ1n) is 6.68. The van der Waals surface area contributed by atoms with Gasteiger partial charge in [0.2, 0.25) is 0 Å². The molecule has 5 N–H and O–H groups in total. The van der Waals surface area contributed by atoms with Crippen molar-refractivity contribution in [2.24, 2.45) is 5.73 Å². The maximum Gasteiger partial charge on any atom is 0.316 e. The summed E-state index contributed by atoms with van der Waals surface area (Å²) in [5.74, 6) is 0. The van der Waals surface area contributed by atoms with E-state index in [4.69, 9.17) is 5.73 Å². The van der Waals surface area contributed by atoms with E-state index in [1.165, 1.54) is 10.9 Å². The second-order valence-corrected chi connectivity index (χ2v) is 4.78. The fourth-order valence-corrected chi connectivity index (χ4v) is 2.31. The number of aromatic amines is 1. The number of hydrogen-bond donors (Lipinski definition) is 4. The third-order valence-electron chi connectivity index (χ3n) is 3.31. The zero-order chi connectivity index (χ0) is 14.7. The zero-order valence-electron chi connectivity index (χ0n) is 11.4. The smallest absolute Gasteiger partial charge is 0.316 e. The van der Waals surface area contributed by atoms with Crippen molar-refractivity contribution in [3.05, 3.63) is 60.3 Å². The minimum absolute atomic E-state index is 0.561. The van der Waals surface area contributed by atoms with Gasteiger partial charge < -0.3 is 21.4 Å². The number of aromatic nitrogens is 1. The van der Waals surface area contributed by atoms with Gasteiger partial charge in [-0.05, 0) is 41.3 Å². The number of nitrogens with two attached hydrogens (primary N) is 1. The Morgan fingerprint density at radius 3 is 2.57 bits per heavy atom. The van der Waals surface area contributed by atoms with Crippen LogP contribution in [0.5, 0.6) is 0 Å². The van der Waals surface area contributed by atoms with Crippen LogP contribution in [0.4, 0.5) is 16.2 Å². The number of carbonyl (C=O) groups is 1. The number of H-pyrrole nitrogens is 1. The Morgan fingerprint density at radius 1 is 1.05 bits per heavy atom. The lowest BCUT2D eigenvalue weighted by atomic mass is 10.1. The van der Waals surface area contributed by atoms with E-state index in [0.29, 0.717) is 5.69 Å². The average molecular weight is 280 g/mol. The van der Waals surface area contributed by atoms with Crippen molar-refractivity contribution in [3.63, 3.8) is 0 Å². The topological polar surface area (TPSA) is 82.9 Å². The van der Waals surface area contributed by atoms with Crippen LogP contribution in [-0.2, 0) is 6.54 Å². The van der Waals surface area contributed by atoms with E-state index in [1.54, 1.807) is 0 Å². The van der Waals surface area contributed by atoms with E-state index in [2.05, 4.69) is 33.8 Å². The molecular weight excluding hydrogens is 264 g/mol. The van der Waals surface area contributed by atoms with E-state index in [9.17, 15) is 4.79 Å². The number of para-hydroxylation sites is 1. The highest BCUT2D eigenvalue weighted by Crippen LogP contribution is 2.19. The number of carbonyl (C=O) groups excluding carboxylic acids is 1. The predicted octanol–water partition coefficient (Wildman–Crippen LogP) is 3.27. The first-order valence-corrected chi connectivity index (χ1v) is 6.68. The van der Waals surface area contributed by atoms with Gasteiger partial charge in [0.1, 0.15) is 0 Å². The van der Waals surface area contributed by atoms with Gasteiger partial charge in [0.15, 0.2) is 0 Å². The van der Waals surface area contributed by atoms with E-state index in [1.807, 2.05) is 36.5 Å². The fourth-order valence-electron chi connectivity index (χ4n) is 2.31. The molecule has 1 aromatic heterocycles. The number of fused-ring (bicyclic) bond motifs is 1. The van der Waals surface area contributed by atoms with Crippen LogP contribution in [0, 0.1) is 0 Å². The van der Waals surface area contributed by atoms with Crippen molar-refractivity contribution in [2.45, 2.75) is 6.54 Å². The van der Waals surface area contributed by atoms with Gasteiger partial charge >= 0.3 is 6.03 Å². The van der Waals surface area contributed by atoms with Gasteiger partial charge in [-0.3, -0.25) is 0 Å². The molecular formula is C16H16N4O. The molecule has 3 aromatic rings. The molecule has 0 aliphatic rings. The van der Waals surface area contributed by atoms with Crippen LogP contribution in [0.3, 0.4) is 0 Å². The summed E-state index contributed by atoms with van der Waals surface area (Å²) >= 11 is 0. The lowest BCUT2D eigenvalue weighted by Gasteiger charge is -2.09. The lowest BCUT2D eigenvalue weighted by Crippen LogP contribution is -2.19. The minimum Gasteiger partial charge on any atom is -0.381 e. The second kappa shape index (κ2) is 5.58. The molecule has 0 fully saturated rings. The molecule has 0 atom stereocenters. The zero-order valence-corrected chi connectivity index (χ0v) is 11.4. The van der Waals surface area contributed by atoms with Crippen LogP contribution in [0.2, 0.25) is 0 Å². The third-order valence-corrected chi connectivity index (χ3v) is 3.31. The molecule has 2 aromatic carbocycles. The van der Waals surface area contributed by atoms with Gasteiger partial charge in [0.05, 0.1) is 5.52 Å². The van der Waals surface area contributed by atoms with E-state index in [0.717, 1.165) is 17.7 Å².